The van der Waals surface area contributed by atoms with E-state index in [0.29, 0.717) is 46.2 Å². The number of H-pyrrole nitrogens is 1. The maximum atomic E-state index is 9.86. The Hall–Kier alpha value is -4.47. The molecule has 31 heavy (non-hydrogen) atoms. The number of phenols is 1. The molecule has 2 aromatic carbocycles. The van der Waals surface area contributed by atoms with Crippen LogP contribution in [0.2, 0.25) is 0 Å². The summed E-state index contributed by atoms with van der Waals surface area (Å²) in [5.74, 6) is 3.31. The summed E-state index contributed by atoms with van der Waals surface area (Å²) in [6.45, 7) is 0.207. The molecule has 1 aliphatic rings. The molecule has 0 radical (unpaired) electrons. The minimum absolute atomic E-state index is 0.0155. The first-order chi connectivity index (χ1) is 15.2. The Labute approximate surface area is 176 Å². The molecule has 0 saturated heterocycles. The van der Waals surface area contributed by atoms with Crippen LogP contribution < -0.4 is 24.3 Å². The zero-order valence-corrected chi connectivity index (χ0v) is 16.3. The SMILES string of the molecule is COc1cc(O)cc(Oc2ncccc2-c2nc(Nc3ccc4c(c3)OCO4)n[nH]2)c1. The van der Waals surface area contributed by atoms with Gasteiger partial charge in [-0.3, -0.25) is 5.10 Å². The van der Waals surface area contributed by atoms with Crippen molar-refractivity contribution in [2.24, 2.45) is 0 Å². The van der Waals surface area contributed by atoms with Gasteiger partial charge in [0, 0.05) is 36.1 Å². The first-order valence-corrected chi connectivity index (χ1v) is 9.28. The monoisotopic (exact) mass is 419 g/mol. The highest BCUT2D eigenvalue weighted by molar-refractivity contribution is 5.65. The highest BCUT2D eigenvalue weighted by atomic mass is 16.7. The zero-order valence-electron chi connectivity index (χ0n) is 16.3. The van der Waals surface area contributed by atoms with E-state index >= 15 is 0 Å². The summed E-state index contributed by atoms with van der Waals surface area (Å²) in [5, 5.41) is 20.1. The molecule has 3 heterocycles. The summed E-state index contributed by atoms with van der Waals surface area (Å²) in [5.41, 5.74) is 1.35. The van der Waals surface area contributed by atoms with Gasteiger partial charge < -0.3 is 29.4 Å². The van der Waals surface area contributed by atoms with Gasteiger partial charge in [0.25, 0.3) is 0 Å². The van der Waals surface area contributed by atoms with E-state index in [1.165, 1.54) is 19.2 Å². The van der Waals surface area contributed by atoms with Gasteiger partial charge in [-0.25, -0.2) is 4.98 Å². The van der Waals surface area contributed by atoms with Gasteiger partial charge in [0.1, 0.15) is 17.2 Å². The van der Waals surface area contributed by atoms with Crippen molar-refractivity contribution in [3.63, 3.8) is 0 Å². The average molecular weight is 419 g/mol. The Kier molecular flexibility index (Phi) is 4.64. The average Bonchev–Trinajstić information content (AvgIpc) is 3.43. The van der Waals surface area contributed by atoms with Crippen LogP contribution in [-0.4, -0.2) is 39.2 Å². The number of aromatic amines is 1. The molecular weight excluding hydrogens is 402 g/mol. The Balaban J connectivity index is 1.39. The van der Waals surface area contributed by atoms with Crippen LogP contribution in [0.4, 0.5) is 11.6 Å². The van der Waals surface area contributed by atoms with Gasteiger partial charge in [-0.1, -0.05) is 0 Å². The molecule has 1 aliphatic heterocycles. The molecule has 3 N–H and O–H groups in total. The van der Waals surface area contributed by atoms with E-state index < -0.39 is 0 Å². The summed E-state index contributed by atoms with van der Waals surface area (Å²) >= 11 is 0. The van der Waals surface area contributed by atoms with Gasteiger partial charge in [-0.05, 0) is 24.3 Å². The fraction of sp³-hybridized carbons (Fsp3) is 0.0952. The lowest BCUT2D eigenvalue weighted by Crippen LogP contribution is -1.94. The first-order valence-electron chi connectivity index (χ1n) is 9.28. The molecule has 4 aromatic rings. The first kappa shape index (κ1) is 18.6. The van der Waals surface area contributed by atoms with Crippen LogP contribution in [0.3, 0.4) is 0 Å². The third-order valence-corrected chi connectivity index (χ3v) is 4.46. The standard InChI is InChI=1S/C21H17N5O5/c1-28-14-8-13(27)9-15(10-14)31-20-16(3-2-6-22-20)19-24-21(26-25-19)23-12-4-5-17-18(7-12)30-11-29-17/h2-10,27H,11H2,1H3,(H2,23,24,25,26). The van der Waals surface area contributed by atoms with E-state index in [2.05, 4.69) is 25.5 Å². The highest BCUT2D eigenvalue weighted by Gasteiger charge is 2.16. The fourth-order valence-electron chi connectivity index (χ4n) is 3.04. The molecule has 0 spiro atoms. The van der Waals surface area contributed by atoms with Gasteiger partial charge in [-0.15, -0.1) is 5.10 Å². The largest absolute Gasteiger partial charge is 0.508 e. The molecule has 0 amide bonds. The van der Waals surface area contributed by atoms with Crippen molar-refractivity contribution in [3.8, 4) is 46.0 Å². The van der Waals surface area contributed by atoms with E-state index in [1.807, 2.05) is 18.2 Å². The molecule has 10 heteroatoms. The highest BCUT2D eigenvalue weighted by Crippen LogP contribution is 2.36. The van der Waals surface area contributed by atoms with Crippen LogP contribution in [-0.2, 0) is 0 Å². The second-order valence-corrected chi connectivity index (χ2v) is 6.53. The van der Waals surface area contributed by atoms with Crippen molar-refractivity contribution in [2.45, 2.75) is 0 Å². The predicted octanol–water partition coefficient (Wildman–Crippen LogP) is 3.85. The van der Waals surface area contributed by atoms with Gasteiger partial charge in [-0.2, -0.15) is 4.98 Å². The fourth-order valence-corrected chi connectivity index (χ4v) is 3.04. The molecule has 0 bridgehead atoms. The van der Waals surface area contributed by atoms with Crippen LogP contribution in [0.1, 0.15) is 0 Å². The molecule has 2 aromatic heterocycles. The third-order valence-electron chi connectivity index (χ3n) is 4.46. The normalized spacial score (nSPS) is 11.9. The number of hydrogen-bond acceptors (Lipinski definition) is 9. The summed E-state index contributed by atoms with van der Waals surface area (Å²) in [4.78, 5) is 8.76. The van der Waals surface area contributed by atoms with E-state index in [9.17, 15) is 5.11 Å². The number of methoxy groups -OCH3 is 1. The summed E-state index contributed by atoms with van der Waals surface area (Å²) < 4.78 is 21.7. The van der Waals surface area contributed by atoms with Crippen molar-refractivity contribution in [3.05, 3.63) is 54.7 Å². The van der Waals surface area contributed by atoms with E-state index in [0.717, 1.165) is 5.69 Å². The van der Waals surface area contributed by atoms with Crippen molar-refractivity contribution < 1.29 is 24.1 Å². The molecular formula is C21H17N5O5. The molecule has 156 valence electrons. The van der Waals surface area contributed by atoms with Gasteiger partial charge in [0.05, 0.1) is 12.7 Å². The lowest BCUT2D eigenvalue weighted by atomic mass is 10.2. The molecule has 0 saturated carbocycles. The summed E-state index contributed by atoms with van der Waals surface area (Å²) in [6.07, 6.45) is 1.60. The number of fused-ring (bicyclic) bond motifs is 1. The van der Waals surface area contributed by atoms with Crippen LogP contribution in [0, 0.1) is 0 Å². The number of aromatic nitrogens is 4. The van der Waals surface area contributed by atoms with Crippen molar-refractivity contribution in [1.82, 2.24) is 20.2 Å². The van der Waals surface area contributed by atoms with Crippen molar-refractivity contribution >= 4 is 11.6 Å². The lowest BCUT2D eigenvalue weighted by molar-refractivity contribution is 0.174. The smallest absolute Gasteiger partial charge is 0.246 e. The van der Waals surface area contributed by atoms with Gasteiger partial charge in [0.2, 0.25) is 18.6 Å². The Morgan fingerprint density at radius 1 is 1.06 bits per heavy atom. The summed E-state index contributed by atoms with van der Waals surface area (Å²) in [6, 6.07) is 13.6. The molecule has 0 fully saturated rings. The number of nitrogens with one attached hydrogen (secondary N) is 2. The van der Waals surface area contributed by atoms with E-state index in [4.69, 9.17) is 18.9 Å². The number of ether oxygens (including phenoxy) is 4. The van der Waals surface area contributed by atoms with Crippen LogP contribution in [0.25, 0.3) is 11.4 Å². The van der Waals surface area contributed by atoms with Crippen LogP contribution in [0.5, 0.6) is 34.6 Å². The zero-order chi connectivity index (χ0) is 21.2. The lowest BCUT2D eigenvalue weighted by Gasteiger charge is -2.10. The number of hydrogen-bond donors (Lipinski definition) is 3. The summed E-state index contributed by atoms with van der Waals surface area (Å²) in [7, 11) is 1.51. The number of pyridine rings is 1. The Bertz CT molecular complexity index is 1240. The maximum absolute atomic E-state index is 9.86. The minimum atomic E-state index is 0.0155. The van der Waals surface area contributed by atoms with Crippen LogP contribution >= 0.6 is 0 Å². The molecule has 0 aliphatic carbocycles. The number of anilines is 2. The number of benzene rings is 2. The topological polar surface area (TPSA) is 124 Å². The molecule has 10 nitrogen and oxygen atoms in total. The molecule has 0 unspecified atom stereocenters. The Morgan fingerprint density at radius 2 is 1.94 bits per heavy atom. The maximum Gasteiger partial charge on any atom is 0.246 e. The van der Waals surface area contributed by atoms with Gasteiger partial charge >= 0.3 is 0 Å². The predicted molar refractivity (Wildman–Crippen MR) is 110 cm³/mol. The third kappa shape index (κ3) is 3.86. The van der Waals surface area contributed by atoms with E-state index in [1.54, 1.807) is 24.4 Å². The van der Waals surface area contributed by atoms with E-state index in [-0.39, 0.29) is 12.5 Å². The van der Waals surface area contributed by atoms with Gasteiger partial charge in [0.15, 0.2) is 17.3 Å². The number of nitrogens with zero attached hydrogens (tertiary/aromatic N) is 3. The Morgan fingerprint density at radius 3 is 2.84 bits per heavy atom. The second-order valence-electron chi connectivity index (χ2n) is 6.53. The second kappa shape index (κ2) is 7.75. The number of rotatable bonds is 6. The van der Waals surface area contributed by atoms with Crippen molar-refractivity contribution in [2.75, 3.05) is 19.2 Å². The number of phenolic OH excluding ortho intramolecular Hbond substituents is 1. The quantitative estimate of drug-likeness (QED) is 0.427. The van der Waals surface area contributed by atoms with Crippen LogP contribution in [0.15, 0.2) is 54.7 Å². The minimum Gasteiger partial charge on any atom is -0.508 e. The van der Waals surface area contributed by atoms with Crippen molar-refractivity contribution in [1.29, 1.82) is 0 Å². The molecule has 0 atom stereocenters. The molecule has 5 rings (SSSR count). The number of aromatic hydroxyl groups is 1.